The van der Waals surface area contributed by atoms with E-state index in [0.29, 0.717) is 24.5 Å². The molecule has 0 saturated heterocycles. The molecule has 0 bridgehead atoms. The SMILES string of the molecule is CCOc1nc(Br)cnc1NS(=O)(=O)c1ccc(Cl)s1.COc1nc(Br)cnc1NS(=O)(=O)c1ccc(Cl)s1. The third kappa shape index (κ3) is 8.84. The first-order valence-corrected chi connectivity index (χ1v) is 17.1. The van der Waals surface area contributed by atoms with Crippen molar-refractivity contribution in [2.75, 3.05) is 23.2 Å². The summed E-state index contributed by atoms with van der Waals surface area (Å²) >= 11 is 19.6. The molecule has 210 valence electrons. The predicted molar refractivity (Wildman–Crippen MR) is 157 cm³/mol. The minimum Gasteiger partial charge on any atom is -0.478 e. The third-order valence-electron chi connectivity index (χ3n) is 3.99. The van der Waals surface area contributed by atoms with Crippen molar-refractivity contribution in [3.8, 4) is 11.8 Å². The Kier molecular flexibility index (Phi) is 11.2. The first kappa shape index (κ1) is 31.7. The van der Waals surface area contributed by atoms with Crippen molar-refractivity contribution in [3.05, 3.63) is 54.5 Å². The second-order valence-electron chi connectivity index (χ2n) is 6.66. The van der Waals surface area contributed by atoms with Gasteiger partial charge < -0.3 is 9.47 Å². The van der Waals surface area contributed by atoms with E-state index in [1.807, 2.05) is 0 Å². The molecule has 12 nitrogen and oxygen atoms in total. The molecule has 0 atom stereocenters. The van der Waals surface area contributed by atoms with Gasteiger partial charge in [-0.3, -0.25) is 9.44 Å². The molecule has 4 rings (SSSR count). The van der Waals surface area contributed by atoms with E-state index in [1.165, 1.54) is 43.8 Å². The lowest BCUT2D eigenvalue weighted by Crippen LogP contribution is -2.14. The predicted octanol–water partition coefficient (Wildman–Crippen LogP) is 5.92. The van der Waals surface area contributed by atoms with E-state index in [0.717, 1.165) is 22.7 Å². The quantitative estimate of drug-likeness (QED) is 0.209. The molecule has 0 aromatic carbocycles. The summed E-state index contributed by atoms with van der Waals surface area (Å²) in [5.74, 6) is 0.212. The number of methoxy groups -OCH3 is 1. The molecular formula is C19H16Br2Cl2N6O6S4. The van der Waals surface area contributed by atoms with Gasteiger partial charge in [0, 0.05) is 0 Å². The first-order valence-electron chi connectivity index (χ1n) is 10.1. The Balaban J connectivity index is 0.000000216. The smallest absolute Gasteiger partial charge is 0.272 e. The van der Waals surface area contributed by atoms with Crippen molar-refractivity contribution in [3.63, 3.8) is 0 Å². The van der Waals surface area contributed by atoms with Crippen molar-refractivity contribution in [2.45, 2.75) is 15.3 Å². The zero-order chi connectivity index (χ0) is 28.8. The molecule has 0 amide bonds. The molecule has 0 aliphatic carbocycles. The van der Waals surface area contributed by atoms with Crippen LogP contribution in [0.25, 0.3) is 0 Å². The van der Waals surface area contributed by atoms with Crippen molar-refractivity contribution in [1.29, 1.82) is 0 Å². The highest BCUT2D eigenvalue weighted by Gasteiger charge is 2.21. The average molecular weight is 783 g/mol. The van der Waals surface area contributed by atoms with Gasteiger partial charge >= 0.3 is 0 Å². The maximum absolute atomic E-state index is 12.2. The Labute approximate surface area is 258 Å². The molecule has 20 heteroatoms. The highest BCUT2D eigenvalue weighted by Crippen LogP contribution is 2.30. The molecule has 0 radical (unpaired) electrons. The number of halogens is 4. The number of hydrogen-bond acceptors (Lipinski definition) is 12. The molecule has 0 aliphatic heterocycles. The first-order chi connectivity index (χ1) is 18.3. The van der Waals surface area contributed by atoms with Crippen LogP contribution >= 0.6 is 77.7 Å². The molecule has 0 spiro atoms. The lowest BCUT2D eigenvalue weighted by atomic mass is 10.6. The Morgan fingerprint density at radius 3 is 1.64 bits per heavy atom. The van der Waals surface area contributed by atoms with Crippen LogP contribution in [0.3, 0.4) is 0 Å². The van der Waals surface area contributed by atoms with Gasteiger partial charge in [0.1, 0.15) is 17.6 Å². The fourth-order valence-electron chi connectivity index (χ4n) is 2.46. The Morgan fingerprint density at radius 1 is 0.821 bits per heavy atom. The Bertz CT molecular complexity index is 1670. The zero-order valence-electron chi connectivity index (χ0n) is 19.6. The number of anilines is 2. The zero-order valence-corrected chi connectivity index (χ0v) is 27.5. The minimum atomic E-state index is -3.76. The second-order valence-corrected chi connectivity index (χ2v) is 15.5. The lowest BCUT2D eigenvalue weighted by molar-refractivity contribution is 0.327. The molecule has 39 heavy (non-hydrogen) atoms. The van der Waals surface area contributed by atoms with Crippen molar-refractivity contribution in [1.82, 2.24) is 19.9 Å². The summed E-state index contributed by atoms with van der Waals surface area (Å²) in [7, 11) is -6.14. The van der Waals surface area contributed by atoms with Gasteiger partial charge in [0.25, 0.3) is 31.8 Å². The van der Waals surface area contributed by atoms with Crippen LogP contribution in [0.2, 0.25) is 8.67 Å². The van der Waals surface area contributed by atoms with E-state index >= 15 is 0 Å². The molecule has 4 heterocycles. The maximum atomic E-state index is 12.2. The molecular weight excluding hydrogens is 767 g/mol. The number of thiophene rings is 2. The van der Waals surface area contributed by atoms with E-state index < -0.39 is 20.0 Å². The highest BCUT2D eigenvalue weighted by atomic mass is 79.9. The number of rotatable bonds is 9. The number of ether oxygens (including phenoxy) is 2. The van der Waals surface area contributed by atoms with Crippen molar-refractivity contribution in [2.24, 2.45) is 0 Å². The summed E-state index contributed by atoms with van der Waals surface area (Å²) < 4.78 is 65.1. The average Bonchev–Trinajstić information content (AvgIpc) is 3.51. The largest absolute Gasteiger partial charge is 0.478 e. The Hall–Kier alpha value is -1.80. The van der Waals surface area contributed by atoms with Crippen LogP contribution in [0.4, 0.5) is 11.6 Å². The molecule has 0 unspecified atom stereocenters. The monoisotopic (exact) mass is 780 g/mol. The van der Waals surface area contributed by atoms with Crippen LogP contribution < -0.4 is 18.9 Å². The van der Waals surface area contributed by atoms with Gasteiger partial charge in [0.05, 0.1) is 34.8 Å². The molecule has 0 saturated carbocycles. The summed E-state index contributed by atoms with van der Waals surface area (Å²) in [5, 5.41) is 0. The summed E-state index contributed by atoms with van der Waals surface area (Å²) in [5.41, 5.74) is 0. The molecule has 0 fully saturated rings. The molecule has 4 aromatic rings. The number of hydrogen-bond donors (Lipinski definition) is 2. The van der Waals surface area contributed by atoms with Crippen molar-refractivity contribution < 1.29 is 26.3 Å². The van der Waals surface area contributed by atoms with Crippen LogP contribution in [0.15, 0.2) is 54.3 Å². The lowest BCUT2D eigenvalue weighted by Gasteiger charge is -2.10. The van der Waals surface area contributed by atoms with Gasteiger partial charge in [-0.1, -0.05) is 23.2 Å². The second kappa shape index (κ2) is 13.7. The van der Waals surface area contributed by atoms with E-state index in [4.69, 9.17) is 32.7 Å². The van der Waals surface area contributed by atoms with E-state index in [1.54, 1.807) is 6.92 Å². The summed E-state index contributed by atoms with van der Waals surface area (Å²) in [6.45, 7) is 2.10. The number of nitrogens with one attached hydrogen (secondary N) is 2. The van der Waals surface area contributed by atoms with Gasteiger partial charge in [-0.25, -0.2) is 36.8 Å². The van der Waals surface area contributed by atoms with E-state index in [9.17, 15) is 16.8 Å². The molecule has 4 aromatic heterocycles. The standard InChI is InChI=1S/C10H9BrClN3O3S2.C9H7BrClN3O3S2/c1-2-18-10-9(13-5-6(11)14-10)15-20(16,17)8-4-3-7(12)19-8;1-17-9-8(12-4-5(10)13-9)14-19(15,16)7-3-2-6(11)18-7/h3-5H,2H2,1H3,(H,13,15);2-4H,1H3,(H,12,14). The van der Waals surface area contributed by atoms with E-state index in [-0.39, 0.29) is 31.8 Å². The fourth-order valence-corrected chi connectivity index (χ4v) is 7.97. The molecule has 0 aliphatic rings. The summed E-state index contributed by atoms with van der Waals surface area (Å²) in [6, 6.07) is 5.85. The summed E-state index contributed by atoms with van der Waals surface area (Å²) in [4.78, 5) is 15.9. The number of nitrogens with zero attached hydrogens (tertiary/aromatic N) is 4. The maximum Gasteiger partial charge on any atom is 0.272 e. The van der Waals surface area contributed by atoms with Crippen LogP contribution in [-0.4, -0.2) is 50.5 Å². The fraction of sp³-hybridized carbons (Fsp3) is 0.158. The number of sulfonamides is 2. The normalized spacial score (nSPS) is 11.3. The molecule has 2 N–H and O–H groups in total. The Morgan fingerprint density at radius 2 is 1.26 bits per heavy atom. The van der Waals surface area contributed by atoms with Gasteiger partial charge in [-0.2, -0.15) is 0 Å². The summed E-state index contributed by atoms with van der Waals surface area (Å²) in [6.07, 6.45) is 2.74. The topological polar surface area (TPSA) is 162 Å². The van der Waals surface area contributed by atoms with Crippen LogP contribution in [0, 0.1) is 0 Å². The van der Waals surface area contributed by atoms with Gasteiger partial charge in [0.15, 0.2) is 0 Å². The van der Waals surface area contributed by atoms with Gasteiger partial charge in [-0.05, 0) is 63.0 Å². The van der Waals surface area contributed by atoms with Crippen molar-refractivity contribution >= 4 is 109 Å². The van der Waals surface area contributed by atoms with Gasteiger partial charge in [-0.15, -0.1) is 22.7 Å². The van der Waals surface area contributed by atoms with Crippen LogP contribution in [0.1, 0.15) is 6.92 Å². The minimum absolute atomic E-state index is 0.00947. The number of aromatic nitrogens is 4. The highest BCUT2D eigenvalue weighted by molar-refractivity contribution is 9.10. The van der Waals surface area contributed by atoms with E-state index in [2.05, 4.69) is 61.2 Å². The van der Waals surface area contributed by atoms with Crippen LogP contribution in [0.5, 0.6) is 11.8 Å². The van der Waals surface area contributed by atoms with Gasteiger partial charge in [0.2, 0.25) is 11.6 Å². The third-order valence-corrected chi connectivity index (χ3v) is 10.9. The van der Waals surface area contributed by atoms with Crippen LogP contribution in [-0.2, 0) is 20.0 Å².